The van der Waals surface area contributed by atoms with Crippen molar-refractivity contribution in [2.75, 3.05) is 19.6 Å². The summed E-state index contributed by atoms with van der Waals surface area (Å²) in [6.45, 7) is 10.7. The van der Waals surface area contributed by atoms with Gasteiger partial charge in [-0.3, -0.25) is 0 Å². The molecule has 1 saturated heterocycles. The summed E-state index contributed by atoms with van der Waals surface area (Å²) in [5, 5.41) is 3.56. The molecular formula is C14H30N2. The average Bonchev–Trinajstić information content (AvgIpc) is 2.29. The summed E-state index contributed by atoms with van der Waals surface area (Å²) in [5.74, 6) is 0. The van der Waals surface area contributed by atoms with E-state index in [1.165, 1.54) is 58.2 Å². The first-order chi connectivity index (χ1) is 7.74. The van der Waals surface area contributed by atoms with E-state index in [2.05, 4.69) is 31.0 Å². The van der Waals surface area contributed by atoms with Crippen LogP contribution in [-0.2, 0) is 0 Å². The standard InChI is InChI=1S/C14H30N2/c1-4-10-15-13(2)8-7-12-16-11-6-5-9-14(16)3/h13-15H,4-12H2,1-3H3. The van der Waals surface area contributed by atoms with Crippen LogP contribution in [0.3, 0.4) is 0 Å². The van der Waals surface area contributed by atoms with Crippen LogP contribution in [0, 0.1) is 0 Å². The smallest absolute Gasteiger partial charge is 0.00669 e. The van der Waals surface area contributed by atoms with Gasteiger partial charge in [-0.05, 0) is 65.6 Å². The van der Waals surface area contributed by atoms with Gasteiger partial charge in [0.15, 0.2) is 0 Å². The van der Waals surface area contributed by atoms with Crippen molar-refractivity contribution < 1.29 is 0 Å². The van der Waals surface area contributed by atoms with Gasteiger partial charge in [-0.15, -0.1) is 0 Å². The molecule has 1 aliphatic heterocycles. The monoisotopic (exact) mass is 226 g/mol. The maximum absolute atomic E-state index is 3.56. The zero-order chi connectivity index (χ0) is 11.8. The summed E-state index contributed by atoms with van der Waals surface area (Å²) in [7, 11) is 0. The lowest BCUT2D eigenvalue weighted by Crippen LogP contribution is -2.38. The van der Waals surface area contributed by atoms with Gasteiger partial charge in [0.05, 0.1) is 0 Å². The van der Waals surface area contributed by atoms with Gasteiger partial charge in [0.1, 0.15) is 0 Å². The van der Waals surface area contributed by atoms with E-state index in [4.69, 9.17) is 0 Å². The maximum atomic E-state index is 3.56. The third-order valence-corrected chi connectivity index (χ3v) is 3.77. The summed E-state index contributed by atoms with van der Waals surface area (Å²) in [5.41, 5.74) is 0. The zero-order valence-electron chi connectivity index (χ0n) is 11.5. The number of nitrogens with zero attached hydrogens (tertiary/aromatic N) is 1. The lowest BCUT2D eigenvalue weighted by atomic mass is 10.0. The lowest BCUT2D eigenvalue weighted by molar-refractivity contribution is 0.156. The fourth-order valence-electron chi connectivity index (χ4n) is 2.58. The van der Waals surface area contributed by atoms with E-state index in [0.717, 1.165) is 6.04 Å². The molecule has 0 aromatic heterocycles. The van der Waals surface area contributed by atoms with Gasteiger partial charge >= 0.3 is 0 Å². The molecule has 96 valence electrons. The molecular weight excluding hydrogens is 196 g/mol. The van der Waals surface area contributed by atoms with Crippen LogP contribution in [0.1, 0.15) is 59.3 Å². The predicted octanol–water partition coefficient (Wildman–Crippen LogP) is 3.03. The molecule has 0 saturated carbocycles. The first-order valence-corrected chi connectivity index (χ1v) is 7.21. The Morgan fingerprint density at radius 1 is 1.38 bits per heavy atom. The van der Waals surface area contributed by atoms with E-state index >= 15 is 0 Å². The third kappa shape index (κ3) is 5.31. The highest BCUT2D eigenvalue weighted by atomic mass is 15.2. The van der Waals surface area contributed by atoms with Gasteiger partial charge in [-0.25, -0.2) is 0 Å². The second-order valence-electron chi connectivity index (χ2n) is 5.38. The molecule has 0 aromatic rings. The maximum Gasteiger partial charge on any atom is 0.00669 e. The molecule has 1 heterocycles. The molecule has 16 heavy (non-hydrogen) atoms. The SMILES string of the molecule is CCCNC(C)CCCN1CCCCC1C. The molecule has 2 unspecified atom stereocenters. The number of hydrogen-bond acceptors (Lipinski definition) is 2. The van der Waals surface area contributed by atoms with Crippen molar-refractivity contribution in [3.8, 4) is 0 Å². The Labute approximate surface area is 102 Å². The second kappa shape index (κ2) is 8.08. The highest BCUT2D eigenvalue weighted by molar-refractivity contribution is 4.73. The fraction of sp³-hybridized carbons (Fsp3) is 1.00. The Kier molecular flexibility index (Phi) is 7.06. The van der Waals surface area contributed by atoms with Crippen molar-refractivity contribution in [1.29, 1.82) is 0 Å². The van der Waals surface area contributed by atoms with E-state index in [1.54, 1.807) is 0 Å². The Hall–Kier alpha value is -0.0800. The minimum Gasteiger partial charge on any atom is -0.314 e. The van der Waals surface area contributed by atoms with Crippen LogP contribution in [0.25, 0.3) is 0 Å². The Balaban J connectivity index is 2.05. The van der Waals surface area contributed by atoms with Crippen molar-refractivity contribution in [3.63, 3.8) is 0 Å². The van der Waals surface area contributed by atoms with Crippen LogP contribution in [0.5, 0.6) is 0 Å². The predicted molar refractivity (Wildman–Crippen MR) is 71.9 cm³/mol. The van der Waals surface area contributed by atoms with Crippen LogP contribution >= 0.6 is 0 Å². The normalized spacial score (nSPS) is 24.6. The van der Waals surface area contributed by atoms with Crippen molar-refractivity contribution in [2.24, 2.45) is 0 Å². The molecule has 0 spiro atoms. The first kappa shape index (κ1) is 14.0. The van der Waals surface area contributed by atoms with E-state index in [0.29, 0.717) is 6.04 Å². The van der Waals surface area contributed by atoms with Crippen molar-refractivity contribution >= 4 is 0 Å². The topological polar surface area (TPSA) is 15.3 Å². The molecule has 1 fully saturated rings. The number of rotatable bonds is 7. The molecule has 1 rings (SSSR count). The molecule has 1 aliphatic rings. The zero-order valence-corrected chi connectivity index (χ0v) is 11.5. The fourth-order valence-corrected chi connectivity index (χ4v) is 2.58. The van der Waals surface area contributed by atoms with Gasteiger partial charge < -0.3 is 10.2 Å². The number of hydrogen-bond donors (Lipinski definition) is 1. The van der Waals surface area contributed by atoms with Crippen molar-refractivity contribution in [3.05, 3.63) is 0 Å². The molecule has 2 atom stereocenters. The Bertz CT molecular complexity index is 170. The lowest BCUT2D eigenvalue weighted by Gasteiger charge is -2.33. The average molecular weight is 226 g/mol. The largest absolute Gasteiger partial charge is 0.314 e. The van der Waals surface area contributed by atoms with Crippen LogP contribution < -0.4 is 5.32 Å². The molecule has 2 heteroatoms. The number of piperidine rings is 1. The van der Waals surface area contributed by atoms with Crippen LogP contribution in [0.2, 0.25) is 0 Å². The molecule has 0 aliphatic carbocycles. The van der Waals surface area contributed by atoms with E-state index in [-0.39, 0.29) is 0 Å². The molecule has 0 aromatic carbocycles. The Morgan fingerprint density at radius 2 is 2.19 bits per heavy atom. The van der Waals surface area contributed by atoms with Crippen LogP contribution in [0.4, 0.5) is 0 Å². The number of nitrogens with one attached hydrogen (secondary N) is 1. The van der Waals surface area contributed by atoms with E-state index < -0.39 is 0 Å². The summed E-state index contributed by atoms with van der Waals surface area (Å²) in [4.78, 5) is 2.68. The highest BCUT2D eigenvalue weighted by Crippen LogP contribution is 2.16. The van der Waals surface area contributed by atoms with E-state index in [1.807, 2.05) is 0 Å². The van der Waals surface area contributed by atoms with Gasteiger partial charge in [-0.1, -0.05) is 13.3 Å². The quantitative estimate of drug-likeness (QED) is 0.718. The van der Waals surface area contributed by atoms with Gasteiger partial charge in [0, 0.05) is 12.1 Å². The summed E-state index contributed by atoms with van der Waals surface area (Å²) in [6.07, 6.45) is 8.17. The molecule has 0 bridgehead atoms. The second-order valence-corrected chi connectivity index (χ2v) is 5.38. The summed E-state index contributed by atoms with van der Waals surface area (Å²) >= 11 is 0. The molecule has 1 N–H and O–H groups in total. The highest BCUT2D eigenvalue weighted by Gasteiger charge is 2.17. The summed E-state index contributed by atoms with van der Waals surface area (Å²) < 4.78 is 0. The van der Waals surface area contributed by atoms with Crippen molar-refractivity contribution in [1.82, 2.24) is 10.2 Å². The summed E-state index contributed by atoms with van der Waals surface area (Å²) in [6, 6.07) is 1.52. The van der Waals surface area contributed by atoms with E-state index in [9.17, 15) is 0 Å². The molecule has 0 amide bonds. The van der Waals surface area contributed by atoms with Gasteiger partial charge in [-0.2, -0.15) is 0 Å². The van der Waals surface area contributed by atoms with Gasteiger partial charge in [0.25, 0.3) is 0 Å². The van der Waals surface area contributed by atoms with Crippen LogP contribution in [0.15, 0.2) is 0 Å². The number of likely N-dealkylation sites (tertiary alicyclic amines) is 1. The first-order valence-electron chi connectivity index (χ1n) is 7.21. The minimum atomic E-state index is 0.694. The molecule has 0 radical (unpaired) electrons. The molecule has 2 nitrogen and oxygen atoms in total. The van der Waals surface area contributed by atoms with Gasteiger partial charge in [0.2, 0.25) is 0 Å². The Morgan fingerprint density at radius 3 is 2.88 bits per heavy atom. The van der Waals surface area contributed by atoms with Crippen LogP contribution in [-0.4, -0.2) is 36.6 Å². The third-order valence-electron chi connectivity index (χ3n) is 3.77. The minimum absolute atomic E-state index is 0.694. The van der Waals surface area contributed by atoms with Crippen molar-refractivity contribution in [2.45, 2.75) is 71.4 Å².